The smallest absolute Gasteiger partial charge is 0.0762 e. The first kappa shape index (κ1) is 14.1. The summed E-state index contributed by atoms with van der Waals surface area (Å²) in [6, 6.07) is 10.2. The zero-order valence-electron chi connectivity index (χ0n) is 11.7. The van der Waals surface area contributed by atoms with Gasteiger partial charge in [0.25, 0.3) is 0 Å². The Bertz CT molecular complexity index is 548. The normalized spacial score (nSPS) is 12.6. The van der Waals surface area contributed by atoms with Crippen molar-refractivity contribution in [2.24, 2.45) is 7.05 Å². The quantitative estimate of drug-likeness (QED) is 0.908. The first-order chi connectivity index (χ1) is 9.17. The number of rotatable bonds is 5. The van der Waals surface area contributed by atoms with Crippen LogP contribution >= 0.6 is 11.6 Å². The molecule has 1 heterocycles. The minimum absolute atomic E-state index is 0.0801. The Hall–Kier alpha value is -1.32. The van der Waals surface area contributed by atoms with Gasteiger partial charge in [0.1, 0.15) is 0 Å². The molecule has 3 nitrogen and oxygen atoms in total. The molecular formula is C15H20ClN3. The summed E-state index contributed by atoms with van der Waals surface area (Å²) in [5, 5.41) is 8.79. The number of benzene rings is 1. The van der Waals surface area contributed by atoms with Gasteiger partial charge in [0.15, 0.2) is 0 Å². The van der Waals surface area contributed by atoms with Crippen LogP contribution in [0.15, 0.2) is 30.3 Å². The van der Waals surface area contributed by atoms with Crippen LogP contribution < -0.4 is 5.32 Å². The lowest BCUT2D eigenvalue weighted by molar-refractivity contribution is 0.571. The lowest BCUT2D eigenvalue weighted by Gasteiger charge is -2.19. The van der Waals surface area contributed by atoms with Crippen LogP contribution in [0.5, 0.6) is 0 Å². The Morgan fingerprint density at radius 2 is 2.05 bits per heavy atom. The molecule has 2 rings (SSSR count). The highest BCUT2D eigenvalue weighted by Gasteiger charge is 2.19. The first-order valence-corrected chi connectivity index (χ1v) is 7.05. The molecule has 19 heavy (non-hydrogen) atoms. The number of hydrogen-bond acceptors (Lipinski definition) is 2. The summed E-state index contributed by atoms with van der Waals surface area (Å²) in [5.74, 6) is 0. The van der Waals surface area contributed by atoms with Crippen molar-refractivity contribution < 1.29 is 0 Å². The number of nitrogens with one attached hydrogen (secondary N) is 1. The number of aromatic nitrogens is 2. The second-order valence-electron chi connectivity index (χ2n) is 4.55. The van der Waals surface area contributed by atoms with Crippen LogP contribution in [0.25, 0.3) is 0 Å². The maximum Gasteiger partial charge on any atom is 0.0762 e. The standard InChI is InChI=1S/C15H20ClN3/c1-4-11-10-14(19(3)18-11)15(17-5-2)12-8-6-7-9-13(12)16/h6-10,15,17H,4-5H2,1-3H3. The number of aryl methyl sites for hydroxylation is 2. The van der Waals surface area contributed by atoms with Crippen LogP contribution in [0.2, 0.25) is 5.02 Å². The van der Waals surface area contributed by atoms with Crippen LogP contribution in [0.1, 0.15) is 36.8 Å². The van der Waals surface area contributed by atoms with E-state index in [2.05, 4.69) is 36.4 Å². The van der Waals surface area contributed by atoms with Crippen molar-refractivity contribution in [3.63, 3.8) is 0 Å². The fraction of sp³-hybridized carbons (Fsp3) is 0.400. The molecule has 0 saturated heterocycles. The number of nitrogens with zero attached hydrogens (tertiary/aromatic N) is 2. The van der Waals surface area contributed by atoms with Gasteiger partial charge in [0.05, 0.1) is 17.4 Å². The van der Waals surface area contributed by atoms with E-state index in [0.717, 1.165) is 34.9 Å². The Morgan fingerprint density at radius 1 is 1.32 bits per heavy atom. The van der Waals surface area contributed by atoms with Gasteiger partial charge in [-0.25, -0.2) is 0 Å². The Balaban J connectivity index is 2.45. The Morgan fingerprint density at radius 3 is 2.63 bits per heavy atom. The van der Waals surface area contributed by atoms with Crippen molar-refractivity contribution in [1.82, 2.24) is 15.1 Å². The van der Waals surface area contributed by atoms with Crippen molar-refractivity contribution in [2.75, 3.05) is 6.54 Å². The second-order valence-corrected chi connectivity index (χ2v) is 4.96. The van der Waals surface area contributed by atoms with Gasteiger partial charge in [-0.1, -0.05) is 43.6 Å². The van der Waals surface area contributed by atoms with Crippen molar-refractivity contribution >= 4 is 11.6 Å². The molecule has 4 heteroatoms. The predicted molar refractivity (Wildman–Crippen MR) is 79.6 cm³/mol. The molecular weight excluding hydrogens is 258 g/mol. The second kappa shape index (κ2) is 6.22. The largest absolute Gasteiger partial charge is 0.305 e. The number of halogens is 1. The Labute approximate surface area is 119 Å². The first-order valence-electron chi connectivity index (χ1n) is 6.68. The summed E-state index contributed by atoms with van der Waals surface area (Å²) in [6.07, 6.45) is 0.940. The van der Waals surface area contributed by atoms with Gasteiger partial charge in [0.2, 0.25) is 0 Å². The van der Waals surface area contributed by atoms with Gasteiger partial charge in [-0.15, -0.1) is 0 Å². The van der Waals surface area contributed by atoms with Crippen LogP contribution in [0, 0.1) is 0 Å². The van der Waals surface area contributed by atoms with Crippen molar-refractivity contribution in [1.29, 1.82) is 0 Å². The Kier molecular flexibility index (Phi) is 4.61. The van der Waals surface area contributed by atoms with Crippen molar-refractivity contribution in [3.8, 4) is 0 Å². The summed E-state index contributed by atoms with van der Waals surface area (Å²) >= 11 is 6.33. The van der Waals surface area contributed by atoms with Gasteiger partial charge < -0.3 is 5.32 Å². The minimum Gasteiger partial charge on any atom is -0.305 e. The molecule has 0 saturated carbocycles. The number of hydrogen-bond donors (Lipinski definition) is 1. The fourth-order valence-corrected chi connectivity index (χ4v) is 2.52. The predicted octanol–water partition coefficient (Wildman–Crippen LogP) is 3.33. The molecule has 1 atom stereocenters. The van der Waals surface area contributed by atoms with Crippen molar-refractivity contribution in [2.45, 2.75) is 26.3 Å². The zero-order chi connectivity index (χ0) is 13.8. The summed E-state index contributed by atoms with van der Waals surface area (Å²) < 4.78 is 1.94. The molecule has 102 valence electrons. The van der Waals surface area contributed by atoms with E-state index in [0.29, 0.717) is 0 Å². The lowest BCUT2D eigenvalue weighted by Crippen LogP contribution is -2.24. The molecule has 1 N–H and O–H groups in total. The minimum atomic E-state index is 0.0801. The third kappa shape index (κ3) is 2.99. The van der Waals surface area contributed by atoms with Crippen LogP contribution in [-0.4, -0.2) is 16.3 Å². The average molecular weight is 278 g/mol. The van der Waals surface area contributed by atoms with E-state index in [1.54, 1.807) is 0 Å². The van der Waals surface area contributed by atoms with E-state index in [9.17, 15) is 0 Å². The molecule has 0 bridgehead atoms. The third-order valence-corrected chi connectivity index (χ3v) is 3.59. The van der Waals surface area contributed by atoms with Gasteiger partial charge >= 0.3 is 0 Å². The molecule has 1 aromatic carbocycles. The summed E-state index contributed by atoms with van der Waals surface area (Å²) in [5.41, 5.74) is 3.34. The SMILES string of the molecule is CCNC(c1ccccc1Cl)c1cc(CC)nn1C. The van der Waals surface area contributed by atoms with Crippen LogP contribution in [0.3, 0.4) is 0 Å². The van der Waals surface area contributed by atoms with Crippen molar-refractivity contribution in [3.05, 3.63) is 52.3 Å². The molecule has 0 aliphatic carbocycles. The van der Waals surface area contributed by atoms with Crippen LogP contribution in [0.4, 0.5) is 0 Å². The monoisotopic (exact) mass is 277 g/mol. The highest BCUT2D eigenvalue weighted by molar-refractivity contribution is 6.31. The van der Waals surface area contributed by atoms with E-state index in [4.69, 9.17) is 11.6 Å². The van der Waals surface area contributed by atoms with Crippen LogP contribution in [-0.2, 0) is 13.5 Å². The topological polar surface area (TPSA) is 29.9 Å². The lowest BCUT2D eigenvalue weighted by atomic mass is 10.0. The van der Waals surface area contributed by atoms with Gasteiger partial charge in [0, 0.05) is 12.1 Å². The van der Waals surface area contributed by atoms with E-state index in [-0.39, 0.29) is 6.04 Å². The highest BCUT2D eigenvalue weighted by atomic mass is 35.5. The van der Waals surface area contributed by atoms with Gasteiger partial charge in [-0.2, -0.15) is 5.10 Å². The van der Waals surface area contributed by atoms with Gasteiger partial charge in [-0.3, -0.25) is 4.68 Å². The molecule has 0 aliphatic heterocycles. The highest BCUT2D eigenvalue weighted by Crippen LogP contribution is 2.28. The average Bonchev–Trinajstić information content (AvgIpc) is 2.78. The van der Waals surface area contributed by atoms with E-state index >= 15 is 0 Å². The molecule has 0 spiro atoms. The summed E-state index contributed by atoms with van der Waals surface area (Å²) in [6.45, 7) is 5.09. The molecule has 1 aromatic heterocycles. The maximum atomic E-state index is 6.33. The van der Waals surface area contributed by atoms with E-state index in [1.165, 1.54) is 0 Å². The molecule has 0 fully saturated rings. The molecule has 2 aromatic rings. The van der Waals surface area contributed by atoms with Gasteiger partial charge in [-0.05, 0) is 30.7 Å². The molecule has 0 aliphatic rings. The zero-order valence-corrected chi connectivity index (χ0v) is 12.4. The molecule has 1 unspecified atom stereocenters. The van der Waals surface area contributed by atoms with E-state index < -0.39 is 0 Å². The summed E-state index contributed by atoms with van der Waals surface area (Å²) in [4.78, 5) is 0. The molecule has 0 amide bonds. The summed E-state index contributed by atoms with van der Waals surface area (Å²) in [7, 11) is 1.98. The maximum absolute atomic E-state index is 6.33. The molecule has 0 radical (unpaired) electrons. The van der Waals surface area contributed by atoms with E-state index in [1.807, 2.05) is 29.9 Å². The fourth-order valence-electron chi connectivity index (χ4n) is 2.27. The third-order valence-electron chi connectivity index (χ3n) is 3.25.